The van der Waals surface area contributed by atoms with Crippen molar-refractivity contribution in [3.05, 3.63) is 0 Å². The molecule has 0 aromatic heterocycles. The number of aliphatic carboxylic acids is 1. The van der Waals surface area contributed by atoms with E-state index in [0.29, 0.717) is 17.8 Å². The lowest BCUT2D eigenvalue weighted by Crippen LogP contribution is -2.51. The molecule has 0 aliphatic heterocycles. The normalized spacial score (nSPS) is 48.8. The van der Waals surface area contributed by atoms with Crippen LogP contribution in [0, 0.1) is 40.9 Å². The lowest BCUT2D eigenvalue weighted by Gasteiger charge is -2.55. The first kappa shape index (κ1) is 19.3. The fourth-order valence-electron chi connectivity index (χ4n) is 7.63. The van der Waals surface area contributed by atoms with Gasteiger partial charge < -0.3 is 20.3 Å². The van der Waals surface area contributed by atoms with Gasteiger partial charge in [0, 0.05) is 0 Å². The molecule has 0 amide bonds. The summed E-state index contributed by atoms with van der Waals surface area (Å²) in [6, 6.07) is 0. The van der Waals surface area contributed by atoms with Crippen LogP contribution in [0.2, 0.25) is 0 Å². The molecule has 6 rings (SSSR count). The second-order valence-electron chi connectivity index (χ2n) is 10.3. The maximum Gasteiger partial charge on any atom is 0.314 e. The van der Waals surface area contributed by atoms with E-state index in [9.17, 15) is 18.8 Å². The number of ether oxygens (including phenoxy) is 2. The Morgan fingerprint density at radius 2 is 1.59 bits per heavy atom. The first-order valence-electron chi connectivity index (χ1n) is 10.7. The molecule has 3 N–H and O–H groups in total. The number of hydrogen-bond acceptors (Lipinski definition) is 6. The van der Waals surface area contributed by atoms with Crippen molar-refractivity contribution in [3.63, 3.8) is 0 Å². The Kier molecular flexibility index (Phi) is 4.25. The highest BCUT2D eigenvalue weighted by Gasteiger charge is 2.72. The van der Waals surface area contributed by atoms with E-state index in [1.165, 1.54) is 19.3 Å². The molecule has 6 aliphatic carbocycles. The van der Waals surface area contributed by atoms with Crippen molar-refractivity contribution in [2.45, 2.75) is 63.1 Å². The lowest BCUT2D eigenvalue weighted by atomic mass is 9.49. The molecule has 0 heterocycles. The van der Waals surface area contributed by atoms with E-state index in [1.807, 2.05) is 0 Å². The van der Waals surface area contributed by atoms with Gasteiger partial charge in [-0.3, -0.25) is 14.4 Å². The first-order valence-corrected chi connectivity index (χ1v) is 10.7. The van der Waals surface area contributed by atoms with E-state index in [4.69, 9.17) is 20.3 Å². The molecule has 4 bridgehead atoms. The van der Waals surface area contributed by atoms with Gasteiger partial charge in [0.2, 0.25) is 6.79 Å². The van der Waals surface area contributed by atoms with Crippen LogP contribution in [0.1, 0.15) is 51.4 Å². The van der Waals surface area contributed by atoms with Crippen molar-refractivity contribution in [1.29, 1.82) is 0 Å². The molecule has 6 fully saturated rings. The third-order valence-electron chi connectivity index (χ3n) is 8.44. The van der Waals surface area contributed by atoms with Crippen LogP contribution in [0.3, 0.4) is 0 Å². The molecule has 0 aromatic rings. The molecule has 0 radical (unpaired) electrons. The van der Waals surface area contributed by atoms with E-state index >= 15 is 0 Å². The second-order valence-corrected chi connectivity index (χ2v) is 10.3. The number of halogens is 1. The molecule has 6 aliphatic rings. The number of alkyl halides is 1. The number of carbonyl (C=O) groups is 3. The number of esters is 2. The van der Waals surface area contributed by atoms with E-state index in [1.54, 1.807) is 0 Å². The van der Waals surface area contributed by atoms with Gasteiger partial charge in [-0.05, 0) is 74.5 Å². The maximum absolute atomic E-state index is 14.2. The Morgan fingerprint density at radius 1 is 1.00 bits per heavy atom. The van der Waals surface area contributed by atoms with E-state index < -0.39 is 54.1 Å². The largest absolute Gasteiger partial charge is 0.481 e. The van der Waals surface area contributed by atoms with Crippen LogP contribution in [-0.2, 0) is 23.9 Å². The number of carboxylic acids is 1. The second kappa shape index (κ2) is 6.40. The van der Waals surface area contributed by atoms with E-state index in [2.05, 4.69) is 0 Å². The highest BCUT2D eigenvalue weighted by molar-refractivity contribution is 5.80. The first-order chi connectivity index (χ1) is 13.7. The van der Waals surface area contributed by atoms with E-state index in [-0.39, 0.29) is 18.3 Å². The average Bonchev–Trinajstić information content (AvgIpc) is 3.28. The van der Waals surface area contributed by atoms with Gasteiger partial charge in [0.05, 0.1) is 23.3 Å². The summed E-state index contributed by atoms with van der Waals surface area (Å²) in [6.45, 7) is -0.440. The number of fused-ring (bicyclic) bond motifs is 1. The van der Waals surface area contributed by atoms with Gasteiger partial charge in [-0.15, -0.1) is 0 Å². The van der Waals surface area contributed by atoms with Crippen molar-refractivity contribution < 1.29 is 33.4 Å². The molecule has 5 atom stereocenters. The zero-order valence-electron chi connectivity index (χ0n) is 16.3. The van der Waals surface area contributed by atoms with Crippen molar-refractivity contribution in [2.75, 3.05) is 6.79 Å². The third kappa shape index (κ3) is 2.97. The van der Waals surface area contributed by atoms with Crippen molar-refractivity contribution >= 4 is 17.9 Å². The maximum atomic E-state index is 14.2. The Bertz CT molecular complexity index is 720. The molecular weight excluding hydrogens is 381 g/mol. The lowest BCUT2D eigenvalue weighted by molar-refractivity contribution is -0.187. The average molecular weight is 409 g/mol. The van der Waals surface area contributed by atoms with Gasteiger partial charge in [0.1, 0.15) is 6.17 Å². The van der Waals surface area contributed by atoms with Crippen LogP contribution < -0.4 is 5.73 Å². The van der Waals surface area contributed by atoms with Gasteiger partial charge in [0.15, 0.2) is 0 Å². The minimum Gasteiger partial charge on any atom is -0.481 e. The standard InChI is InChI=1S/C21H28FNO6/c22-14-4-13-16(17(13)21(14,23)8-15(24)25)18(26)28-9-29-19(27)20-5-10-1-11(6-20)3-12(2-10)7-20/h10-14,16-17H,1-9,23H2,(H,24,25)/t10?,11?,12?,13-,14-,16-,17-,20?,21-/m0/s1. The van der Waals surface area contributed by atoms with Crippen LogP contribution in [0.5, 0.6) is 0 Å². The molecule has 0 unspecified atom stereocenters. The van der Waals surface area contributed by atoms with E-state index in [0.717, 1.165) is 19.3 Å². The molecule has 160 valence electrons. The summed E-state index contributed by atoms with van der Waals surface area (Å²) in [4.78, 5) is 36.2. The molecule has 7 nitrogen and oxygen atoms in total. The van der Waals surface area contributed by atoms with Crippen LogP contribution in [0.15, 0.2) is 0 Å². The highest BCUT2D eigenvalue weighted by Crippen LogP contribution is 2.63. The monoisotopic (exact) mass is 409 g/mol. The quantitative estimate of drug-likeness (QED) is 0.509. The van der Waals surface area contributed by atoms with Gasteiger partial charge in [-0.2, -0.15) is 0 Å². The smallest absolute Gasteiger partial charge is 0.314 e. The summed E-state index contributed by atoms with van der Waals surface area (Å²) in [6.07, 6.45) is 4.41. The SMILES string of the molecule is N[C@]1(CC(=O)O)[C@H]2[C@@H](C[C@@H]1F)[C@@H]2C(=O)OCOC(=O)C12CC3CC(CC(C3)C1)C2. The van der Waals surface area contributed by atoms with Crippen LogP contribution in [0.4, 0.5) is 4.39 Å². The number of carboxylic acid groups (broad SMARTS) is 1. The summed E-state index contributed by atoms with van der Waals surface area (Å²) in [7, 11) is 0. The molecule has 0 spiro atoms. The van der Waals surface area contributed by atoms with Gasteiger partial charge >= 0.3 is 17.9 Å². The Balaban J connectivity index is 1.14. The zero-order valence-corrected chi connectivity index (χ0v) is 16.3. The predicted molar refractivity (Wildman–Crippen MR) is 96.8 cm³/mol. The summed E-state index contributed by atoms with van der Waals surface area (Å²) in [5.41, 5.74) is 4.07. The number of nitrogens with two attached hydrogens (primary N) is 1. The minimum atomic E-state index is -1.53. The number of hydrogen-bond donors (Lipinski definition) is 2. The molecular formula is C21H28FNO6. The molecule has 29 heavy (non-hydrogen) atoms. The van der Waals surface area contributed by atoms with Gasteiger partial charge in [0.25, 0.3) is 0 Å². The Morgan fingerprint density at radius 3 is 2.14 bits per heavy atom. The van der Waals surface area contributed by atoms with Crippen LogP contribution in [0.25, 0.3) is 0 Å². The van der Waals surface area contributed by atoms with Gasteiger partial charge in [-0.25, -0.2) is 4.39 Å². The Labute approximate surface area is 168 Å². The summed E-state index contributed by atoms with van der Waals surface area (Å²) in [5.74, 6) is -1.61. The van der Waals surface area contributed by atoms with Crippen molar-refractivity contribution in [1.82, 2.24) is 0 Å². The van der Waals surface area contributed by atoms with Crippen LogP contribution >= 0.6 is 0 Å². The highest BCUT2D eigenvalue weighted by atomic mass is 19.1. The van der Waals surface area contributed by atoms with Crippen molar-refractivity contribution in [2.24, 2.45) is 46.7 Å². The summed E-state index contributed by atoms with van der Waals surface area (Å²) < 4.78 is 24.7. The molecule has 0 saturated heterocycles. The summed E-state index contributed by atoms with van der Waals surface area (Å²) in [5, 5.41) is 9.02. The fourth-order valence-corrected chi connectivity index (χ4v) is 7.63. The number of rotatable bonds is 6. The molecule has 0 aromatic carbocycles. The molecule has 6 saturated carbocycles. The van der Waals surface area contributed by atoms with Gasteiger partial charge in [-0.1, -0.05) is 0 Å². The van der Waals surface area contributed by atoms with Crippen LogP contribution in [-0.4, -0.2) is 41.5 Å². The Hall–Kier alpha value is -1.70. The third-order valence-corrected chi connectivity index (χ3v) is 8.44. The van der Waals surface area contributed by atoms with Crippen molar-refractivity contribution in [3.8, 4) is 0 Å². The fraction of sp³-hybridized carbons (Fsp3) is 0.857. The minimum absolute atomic E-state index is 0.0707. The molecule has 8 heteroatoms. The summed E-state index contributed by atoms with van der Waals surface area (Å²) >= 11 is 0. The number of carbonyl (C=O) groups excluding carboxylic acids is 2. The zero-order chi connectivity index (χ0) is 20.6. The predicted octanol–water partition coefficient (Wildman–Crippen LogP) is 2.02. The topological polar surface area (TPSA) is 116 Å².